The SMILES string of the molecule is Cc1cccc(C(=O)OCC(=O)NC(C)c2ccc3c(c2)OCO3)c1O. The number of esters is 1. The van der Waals surface area contributed by atoms with Crippen LogP contribution in [0.3, 0.4) is 0 Å². The van der Waals surface area contributed by atoms with Crippen molar-refractivity contribution in [2.45, 2.75) is 19.9 Å². The van der Waals surface area contributed by atoms with Crippen LogP contribution in [0.5, 0.6) is 17.2 Å². The molecule has 0 spiro atoms. The van der Waals surface area contributed by atoms with Crippen LogP contribution in [0.1, 0.15) is 34.5 Å². The number of ether oxygens (including phenoxy) is 3. The molecule has 7 nitrogen and oxygen atoms in total. The molecule has 0 fully saturated rings. The lowest BCUT2D eigenvalue weighted by Crippen LogP contribution is -2.31. The zero-order valence-corrected chi connectivity index (χ0v) is 14.4. The molecule has 0 saturated heterocycles. The van der Waals surface area contributed by atoms with Crippen molar-refractivity contribution in [3.8, 4) is 17.2 Å². The number of aromatic hydroxyl groups is 1. The second-order valence-corrected chi connectivity index (χ2v) is 5.95. The number of hydrogen-bond donors (Lipinski definition) is 2. The van der Waals surface area contributed by atoms with Gasteiger partial charge in [-0.25, -0.2) is 4.79 Å². The molecule has 0 radical (unpaired) electrons. The fraction of sp³-hybridized carbons (Fsp3) is 0.263. The predicted octanol–water partition coefficient (Wildman–Crippen LogP) is 2.46. The van der Waals surface area contributed by atoms with Gasteiger partial charge in [0.1, 0.15) is 11.3 Å². The summed E-state index contributed by atoms with van der Waals surface area (Å²) in [4.78, 5) is 24.1. The van der Waals surface area contributed by atoms with Crippen LogP contribution in [0.2, 0.25) is 0 Å². The lowest BCUT2D eigenvalue weighted by molar-refractivity contribution is -0.124. The molecule has 136 valence electrons. The number of hydrogen-bond acceptors (Lipinski definition) is 6. The van der Waals surface area contributed by atoms with Crippen LogP contribution in [-0.4, -0.2) is 30.4 Å². The van der Waals surface area contributed by atoms with Crippen LogP contribution in [-0.2, 0) is 9.53 Å². The molecule has 2 N–H and O–H groups in total. The lowest BCUT2D eigenvalue weighted by atomic mass is 10.1. The van der Waals surface area contributed by atoms with Crippen molar-refractivity contribution in [1.82, 2.24) is 5.32 Å². The molecule has 2 aromatic carbocycles. The summed E-state index contributed by atoms with van der Waals surface area (Å²) >= 11 is 0. The van der Waals surface area contributed by atoms with Crippen molar-refractivity contribution >= 4 is 11.9 Å². The molecular weight excluding hydrogens is 338 g/mol. The van der Waals surface area contributed by atoms with E-state index in [0.717, 1.165) is 5.56 Å². The highest BCUT2D eigenvalue weighted by Gasteiger charge is 2.19. The fourth-order valence-electron chi connectivity index (χ4n) is 2.58. The molecule has 1 aliphatic heterocycles. The van der Waals surface area contributed by atoms with E-state index in [0.29, 0.717) is 17.1 Å². The van der Waals surface area contributed by atoms with Crippen molar-refractivity contribution in [3.63, 3.8) is 0 Å². The lowest BCUT2D eigenvalue weighted by Gasteiger charge is -2.15. The van der Waals surface area contributed by atoms with Gasteiger partial charge in [0, 0.05) is 0 Å². The van der Waals surface area contributed by atoms with Crippen molar-refractivity contribution in [1.29, 1.82) is 0 Å². The van der Waals surface area contributed by atoms with Crippen molar-refractivity contribution in [3.05, 3.63) is 53.1 Å². The van der Waals surface area contributed by atoms with Crippen LogP contribution in [0.15, 0.2) is 36.4 Å². The molecule has 1 aliphatic rings. The third-order valence-electron chi connectivity index (χ3n) is 4.07. The number of benzene rings is 2. The molecule has 0 saturated carbocycles. The maximum Gasteiger partial charge on any atom is 0.342 e. The van der Waals surface area contributed by atoms with Crippen molar-refractivity contribution in [2.24, 2.45) is 0 Å². The number of carbonyl (C=O) groups excluding carboxylic acids is 2. The summed E-state index contributed by atoms with van der Waals surface area (Å²) in [6.45, 7) is 3.22. The summed E-state index contributed by atoms with van der Waals surface area (Å²) < 4.78 is 15.5. The summed E-state index contributed by atoms with van der Waals surface area (Å²) in [7, 11) is 0. The first-order valence-corrected chi connectivity index (χ1v) is 8.10. The van der Waals surface area contributed by atoms with Gasteiger partial charge < -0.3 is 24.6 Å². The second kappa shape index (κ2) is 7.35. The van der Waals surface area contributed by atoms with E-state index in [4.69, 9.17) is 14.2 Å². The topological polar surface area (TPSA) is 94.1 Å². The Balaban J connectivity index is 1.55. The zero-order chi connectivity index (χ0) is 18.7. The largest absolute Gasteiger partial charge is 0.507 e. The van der Waals surface area contributed by atoms with Gasteiger partial charge in [0.25, 0.3) is 5.91 Å². The molecular formula is C19H19NO6. The van der Waals surface area contributed by atoms with E-state index in [1.165, 1.54) is 6.07 Å². The predicted molar refractivity (Wildman–Crippen MR) is 92.2 cm³/mol. The normalized spacial score (nSPS) is 13.2. The number of para-hydroxylation sites is 1. The number of aryl methyl sites for hydroxylation is 1. The van der Waals surface area contributed by atoms with Crippen molar-refractivity contribution in [2.75, 3.05) is 13.4 Å². The van der Waals surface area contributed by atoms with Gasteiger partial charge >= 0.3 is 5.97 Å². The Bertz CT molecular complexity index is 848. The van der Waals surface area contributed by atoms with E-state index in [1.54, 1.807) is 31.2 Å². The quantitative estimate of drug-likeness (QED) is 0.799. The smallest absolute Gasteiger partial charge is 0.342 e. The van der Waals surface area contributed by atoms with Gasteiger partial charge in [-0.1, -0.05) is 18.2 Å². The summed E-state index contributed by atoms with van der Waals surface area (Å²) in [6.07, 6.45) is 0. The highest BCUT2D eigenvalue weighted by molar-refractivity contribution is 5.94. The molecule has 3 rings (SSSR count). The van der Waals surface area contributed by atoms with Gasteiger partial charge in [0.2, 0.25) is 6.79 Å². The molecule has 26 heavy (non-hydrogen) atoms. The van der Waals surface area contributed by atoms with E-state index in [2.05, 4.69) is 5.32 Å². The minimum atomic E-state index is -0.753. The molecule has 0 aromatic heterocycles. The van der Waals surface area contributed by atoms with Crippen LogP contribution in [0, 0.1) is 6.92 Å². The average Bonchev–Trinajstić information content (AvgIpc) is 3.09. The van der Waals surface area contributed by atoms with Gasteiger partial charge in [0.05, 0.1) is 6.04 Å². The highest BCUT2D eigenvalue weighted by atomic mass is 16.7. The first-order chi connectivity index (χ1) is 12.5. The van der Waals surface area contributed by atoms with E-state index in [1.807, 2.05) is 13.0 Å². The Morgan fingerprint density at radius 3 is 2.81 bits per heavy atom. The van der Waals surface area contributed by atoms with E-state index >= 15 is 0 Å². The molecule has 1 unspecified atom stereocenters. The molecule has 1 heterocycles. The van der Waals surface area contributed by atoms with Gasteiger partial charge in [-0.05, 0) is 43.2 Å². The molecule has 2 aromatic rings. The van der Waals surface area contributed by atoms with E-state index in [9.17, 15) is 14.7 Å². The first-order valence-electron chi connectivity index (χ1n) is 8.10. The Labute approximate surface area is 150 Å². The molecule has 1 atom stereocenters. The van der Waals surface area contributed by atoms with Gasteiger partial charge in [-0.2, -0.15) is 0 Å². The molecule has 0 aliphatic carbocycles. The number of amides is 1. The average molecular weight is 357 g/mol. The number of fused-ring (bicyclic) bond motifs is 1. The highest BCUT2D eigenvalue weighted by Crippen LogP contribution is 2.34. The fourth-order valence-corrected chi connectivity index (χ4v) is 2.58. The zero-order valence-electron chi connectivity index (χ0n) is 14.4. The van der Waals surface area contributed by atoms with Gasteiger partial charge in [0.15, 0.2) is 18.1 Å². The third kappa shape index (κ3) is 3.72. The number of phenolic OH excluding ortho intramolecular Hbond substituents is 1. The van der Waals surface area contributed by atoms with Crippen LogP contribution in [0.4, 0.5) is 0 Å². The minimum absolute atomic E-state index is 0.0293. The number of carbonyl (C=O) groups is 2. The van der Waals surface area contributed by atoms with Crippen LogP contribution >= 0.6 is 0 Å². The Hall–Kier alpha value is -3.22. The maximum atomic E-state index is 12.0. The van der Waals surface area contributed by atoms with Crippen LogP contribution < -0.4 is 14.8 Å². The maximum absolute atomic E-state index is 12.0. The van der Waals surface area contributed by atoms with E-state index in [-0.39, 0.29) is 24.1 Å². The number of nitrogens with one attached hydrogen (secondary N) is 1. The minimum Gasteiger partial charge on any atom is -0.507 e. The Kier molecular flexibility index (Phi) is 4.97. The monoisotopic (exact) mass is 357 g/mol. The summed E-state index contributed by atoms with van der Waals surface area (Å²) in [5.74, 6) is -0.0523. The summed E-state index contributed by atoms with van der Waals surface area (Å²) in [5, 5.41) is 12.6. The third-order valence-corrected chi connectivity index (χ3v) is 4.07. The van der Waals surface area contributed by atoms with Crippen LogP contribution in [0.25, 0.3) is 0 Å². The molecule has 1 amide bonds. The second-order valence-electron chi connectivity index (χ2n) is 5.95. The van der Waals surface area contributed by atoms with Crippen molar-refractivity contribution < 1.29 is 28.9 Å². The Morgan fingerprint density at radius 1 is 1.23 bits per heavy atom. The van der Waals surface area contributed by atoms with Gasteiger partial charge in [-0.15, -0.1) is 0 Å². The van der Waals surface area contributed by atoms with Gasteiger partial charge in [-0.3, -0.25) is 4.79 Å². The summed E-state index contributed by atoms with van der Waals surface area (Å²) in [5.41, 5.74) is 1.42. The molecule has 7 heteroatoms. The first kappa shape index (κ1) is 17.6. The number of phenols is 1. The Morgan fingerprint density at radius 2 is 2.00 bits per heavy atom. The number of rotatable bonds is 5. The summed E-state index contributed by atoms with van der Waals surface area (Å²) in [6, 6.07) is 9.85. The molecule has 0 bridgehead atoms. The standard InChI is InChI=1S/C19H19NO6/c1-11-4-3-5-14(18(11)22)19(23)24-9-17(21)20-12(2)13-6-7-15-16(8-13)26-10-25-15/h3-8,12,22H,9-10H2,1-2H3,(H,20,21). The van der Waals surface area contributed by atoms with E-state index < -0.39 is 18.5 Å².